The van der Waals surface area contributed by atoms with E-state index in [2.05, 4.69) is 74.7 Å². The van der Waals surface area contributed by atoms with Crippen molar-refractivity contribution in [1.29, 1.82) is 0 Å². The lowest BCUT2D eigenvalue weighted by molar-refractivity contribution is -0.116. The van der Waals surface area contributed by atoms with E-state index in [-0.39, 0.29) is 5.91 Å². The van der Waals surface area contributed by atoms with Crippen LogP contribution >= 0.6 is 0 Å². The first-order valence-corrected chi connectivity index (χ1v) is 12.3. The highest BCUT2D eigenvalue weighted by atomic mass is 16.5. The normalized spacial score (nSPS) is 16.1. The third kappa shape index (κ3) is 5.39. The van der Waals surface area contributed by atoms with Crippen molar-refractivity contribution in [1.82, 2.24) is 9.88 Å². The van der Waals surface area contributed by atoms with Crippen molar-refractivity contribution in [2.24, 2.45) is 0 Å². The number of nitrogens with one attached hydrogen (secondary N) is 1. The van der Waals surface area contributed by atoms with Crippen molar-refractivity contribution in [2.45, 2.75) is 25.7 Å². The summed E-state index contributed by atoms with van der Waals surface area (Å²) in [6.07, 6.45) is 3.37. The van der Waals surface area contributed by atoms with Crippen LogP contribution in [0.2, 0.25) is 0 Å². The summed E-state index contributed by atoms with van der Waals surface area (Å²) < 4.78 is 5.84. The highest BCUT2D eigenvalue weighted by Gasteiger charge is 2.19. The van der Waals surface area contributed by atoms with E-state index in [0.29, 0.717) is 24.7 Å². The van der Waals surface area contributed by atoms with Gasteiger partial charge in [-0.3, -0.25) is 9.69 Å². The number of pyridine rings is 1. The minimum atomic E-state index is 0.0285. The summed E-state index contributed by atoms with van der Waals surface area (Å²) in [5.41, 5.74) is 4.99. The maximum atomic E-state index is 11.6. The third-order valence-electron chi connectivity index (χ3n) is 6.65. The molecule has 2 aliphatic rings. The minimum Gasteiger partial charge on any atom is -0.478 e. The Labute approximate surface area is 201 Å². The van der Waals surface area contributed by atoms with Crippen LogP contribution in [0.4, 0.5) is 11.5 Å². The van der Waals surface area contributed by atoms with Crippen molar-refractivity contribution in [3.63, 3.8) is 0 Å². The summed E-state index contributed by atoms with van der Waals surface area (Å²) in [4.78, 5) is 21.1. The number of anilines is 2. The molecule has 0 saturated carbocycles. The molecule has 1 fully saturated rings. The smallest absolute Gasteiger partial charge is 0.225 e. The Morgan fingerprint density at radius 1 is 0.853 bits per heavy atom. The first kappa shape index (κ1) is 22.4. The molecule has 2 aliphatic heterocycles. The van der Waals surface area contributed by atoms with E-state index < -0.39 is 0 Å². The number of fused-ring (bicyclic) bond motifs is 1. The zero-order valence-electron chi connectivity index (χ0n) is 19.6. The number of amides is 1. The lowest BCUT2D eigenvalue weighted by Gasteiger charge is -2.37. The molecule has 34 heavy (non-hydrogen) atoms. The van der Waals surface area contributed by atoms with Crippen LogP contribution in [0.1, 0.15) is 24.8 Å². The monoisotopic (exact) mass is 456 g/mol. The molecule has 6 heteroatoms. The number of unbranched alkanes of at least 4 members (excludes halogenated alkanes) is 1. The number of carbonyl (C=O) groups is 1. The van der Waals surface area contributed by atoms with E-state index in [9.17, 15) is 4.79 Å². The fourth-order valence-electron chi connectivity index (χ4n) is 4.74. The highest BCUT2D eigenvalue weighted by molar-refractivity contribution is 5.92. The first-order valence-electron chi connectivity index (χ1n) is 12.3. The van der Waals surface area contributed by atoms with Crippen molar-refractivity contribution in [3.8, 4) is 17.0 Å². The Balaban J connectivity index is 1.05. The van der Waals surface area contributed by atoms with Gasteiger partial charge in [0.2, 0.25) is 11.8 Å². The third-order valence-corrected chi connectivity index (χ3v) is 6.65. The van der Waals surface area contributed by atoms with Gasteiger partial charge in [0.1, 0.15) is 5.82 Å². The molecule has 1 aromatic heterocycles. The SMILES string of the molecule is O=C1CCc2ccc(OCCCCN3CCN(c4ccccc4-c4ccccc4)CC3)nc2N1. The Morgan fingerprint density at radius 2 is 1.65 bits per heavy atom. The zero-order valence-corrected chi connectivity index (χ0v) is 19.6. The molecular weight excluding hydrogens is 424 g/mol. The summed E-state index contributed by atoms with van der Waals surface area (Å²) in [7, 11) is 0. The second-order valence-electron chi connectivity index (χ2n) is 8.97. The van der Waals surface area contributed by atoms with E-state index in [1.165, 1.54) is 16.8 Å². The number of hydrogen-bond acceptors (Lipinski definition) is 5. The predicted octanol–water partition coefficient (Wildman–Crippen LogP) is 4.61. The quantitative estimate of drug-likeness (QED) is 0.502. The van der Waals surface area contributed by atoms with Gasteiger partial charge < -0.3 is 15.0 Å². The second kappa shape index (κ2) is 10.7. The van der Waals surface area contributed by atoms with Crippen molar-refractivity contribution in [2.75, 3.05) is 49.5 Å². The molecule has 1 amide bonds. The number of para-hydroxylation sites is 1. The van der Waals surface area contributed by atoms with Crippen LogP contribution < -0.4 is 15.0 Å². The summed E-state index contributed by atoms with van der Waals surface area (Å²) in [5.74, 6) is 1.27. The lowest BCUT2D eigenvalue weighted by atomic mass is 10.0. The molecule has 1 N–H and O–H groups in total. The molecule has 0 radical (unpaired) electrons. The number of nitrogens with zero attached hydrogens (tertiary/aromatic N) is 3. The molecule has 0 aliphatic carbocycles. The van der Waals surface area contributed by atoms with Crippen molar-refractivity contribution in [3.05, 3.63) is 72.3 Å². The Kier molecular flexibility index (Phi) is 7.05. The fourth-order valence-corrected chi connectivity index (χ4v) is 4.74. The molecule has 176 valence electrons. The van der Waals surface area contributed by atoms with Gasteiger partial charge in [-0.25, -0.2) is 0 Å². The number of ether oxygens (including phenoxy) is 1. The average Bonchev–Trinajstić information content (AvgIpc) is 2.89. The summed E-state index contributed by atoms with van der Waals surface area (Å²) in [5, 5.41) is 2.83. The molecule has 6 nitrogen and oxygen atoms in total. The molecule has 0 spiro atoms. The molecule has 0 atom stereocenters. The van der Waals surface area contributed by atoms with Crippen LogP contribution in [-0.2, 0) is 11.2 Å². The number of aromatic nitrogens is 1. The molecule has 3 heterocycles. The van der Waals surface area contributed by atoms with Crippen molar-refractivity contribution >= 4 is 17.4 Å². The maximum absolute atomic E-state index is 11.6. The summed E-state index contributed by atoms with van der Waals surface area (Å²) in [6.45, 7) is 5.98. The van der Waals surface area contributed by atoms with Gasteiger partial charge >= 0.3 is 0 Å². The number of piperazine rings is 1. The summed E-state index contributed by atoms with van der Waals surface area (Å²) >= 11 is 0. The Bertz CT molecular complexity index is 1110. The largest absolute Gasteiger partial charge is 0.478 e. The predicted molar refractivity (Wildman–Crippen MR) is 136 cm³/mol. The highest BCUT2D eigenvalue weighted by Crippen LogP contribution is 2.31. The van der Waals surface area contributed by atoms with E-state index in [0.717, 1.165) is 57.5 Å². The van der Waals surface area contributed by atoms with Crippen molar-refractivity contribution < 1.29 is 9.53 Å². The first-order chi connectivity index (χ1) is 16.8. The van der Waals surface area contributed by atoms with Crippen LogP contribution in [0.3, 0.4) is 0 Å². The molecular formula is C28H32N4O2. The van der Waals surface area contributed by atoms with Gasteiger partial charge in [-0.15, -0.1) is 0 Å². The molecule has 2 aromatic carbocycles. The topological polar surface area (TPSA) is 57.7 Å². The molecule has 0 bridgehead atoms. The van der Waals surface area contributed by atoms with Gasteiger partial charge in [0.15, 0.2) is 0 Å². The second-order valence-corrected chi connectivity index (χ2v) is 8.97. The molecule has 0 unspecified atom stereocenters. The van der Waals surface area contributed by atoms with E-state index in [1.807, 2.05) is 12.1 Å². The number of aryl methyl sites for hydroxylation is 1. The molecule has 5 rings (SSSR count). The fraction of sp³-hybridized carbons (Fsp3) is 0.357. The van der Waals surface area contributed by atoms with Gasteiger partial charge in [0.05, 0.1) is 6.61 Å². The lowest BCUT2D eigenvalue weighted by Crippen LogP contribution is -2.46. The van der Waals surface area contributed by atoms with E-state index >= 15 is 0 Å². The molecule has 1 saturated heterocycles. The zero-order chi connectivity index (χ0) is 23.2. The number of benzene rings is 2. The van der Waals surface area contributed by atoms with E-state index in [4.69, 9.17) is 4.74 Å². The van der Waals surface area contributed by atoms with Crippen LogP contribution in [0, 0.1) is 0 Å². The van der Waals surface area contributed by atoms with Crippen LogP contribution in [0.15, 0.2) is 66.7 Å². The minimum absolute atomic E-state index is 0.0285. The van der Waals surface area contributed by atoms with Gasteiger partial charge in [-0.1, -0.05) is 48.5 Å². The number of rotatable bonds is 8. The van der Waals surface area contributed by atoms with E-state index in [1.54, 1.807) is 0 Å². The summed E-state index contributed by atoms with van der Waals surface area (Å²) in [6, 6.07) is 23.3. The van der Waals surface area contributed by atoms with Crippen LogP contribution in [-0.4, -0.2) is 55.1 Å². The van der Waals surface area contributed by atoms with Gasteiger partial charge in [-0.2, -0.15) is 4.98 Å². The Hall–Kier alpha value is -3.38. The van der Waals surface area contributed by atoms with Crippen LogP contribution in [0.5, 0.6) is 5.88 Å². The number of carbonyl (C=O) groups excluding carboxylic acids is 1. The Morgan fingerprint density at radius 3 is 2.50 bits per heavy atom. The standard InChI is InChI=1S/C28H32N4O2/c33-26-14-12-23-13-15-27(30-28(23)29-26)34-21-7-6-16-31-17-19-32(20-18-31)25-11-5-4-10-24(25)22-8-2-1-3-9-22/h1-5,8-11,13,15H,6-7,12,14,16-21H2,(H,29,30,33). The van der Waals surface area contributed by atoms with Gasteiger partial charge in [0.25, 0.3) is 0 Å². The molecule has 3 aromatic rings. The van der Waals surface area contributed by atoms with Crippen LogP contribution in [0.25, 0.3) is 11.1 Å². The number of hydrogen-bond donors (Lipinski definition) is 1. The maximum Gasteiger partial charge on any atom is 0.225 e. The average molecular weight is 457 g/mol. The van der Waals surface area contributed by atoms with Gasteiger partial charge in [-0.05, 0) is 49.1 Å². The van der Waals surface area contributed by atoms with Gasteiger partial charge in [0, 0.05) is 49.9 Å².